The van der Waals surface area contributed by atoms with Gasteiger partial charge in [0.25, 0.3) is 5.91 Å². The molecular weight excluding hydrogens is 902 g/mol. The summed E-state index contributed by atoms with van der Waals surface area (Å²) in [4.78, 5) is 84.3. The molecule has 7 N–H and O–H groups in total. The molecule has 65 heavy (non-hydrogen) atoms. The number of likely N-dealkylation sites (N-methyl/N-ethyl adjacent to an activating group) is 1. The van der Waals surface area contributed by atoms with Crippen LogP contribution in [0.4, 0.5) is 25.8 Å². The van der Waals surface area contributed by atoms with Crippen molar-refractivity contribution in [1.82, 2.24) is 30.7 Å². The Labute approximate surface area is 383 Å². The van der Waals surface area contributed by atoms with Crippen LogP contribution in [0.25, 0.3) is 21.7 Å². The quantitative estimate of drug-likeness (QED) is 0.0545. The third-order valence-electron chi connectivity index (χ3n) is 11.2. The first-order valence-electron chi connectivity index (χ1n) is 21.3. The average Bonchev–Trinajstić information content (AvgIpc) is 3.90. The van der Waals surface area contributed by atoms with Gasteiger partial charge in [0.05, 0.1) is 12.2 Å². The third-order valence-corrected chi connectivity index (χ3v) is 12.0. The first-order chi connectivity index (χ1) is 31.4. The van der Waals surface area contributed by atoms with Crippen molar-refractivity contribution in [3.63, 3.8) is 0 Å². The lowest BCUT2D eigenvalue weighted by molar-refractivity contribution is -0.125. The van der Waals surface area contributed by atoms with Crippen molar-refractivity contribution in [2.75, 3.05) is 75.0 Å². The number of halogens is 1. The zero-order valence-corrected chi connectivity index (χ0v) is 37.7. The van der Waals surface area contributed by atoms with Gasteiger partial charge in [-0.15, -0.1) is 0 Å². The number of amides is 7. The molecule has 19 heteroatoms. The van der Waals surface area contributed by atoms with E-state index in [1.54, 1.807) is 46.2 Å². The van der Waals surface area contributed by atoms with Crippen molar-refractivity contribution in [1.29, 1.82) is 0 Å². The Morgan fingerprint density at radius 2 is 1.66 bits per heavy atom. The van der Waals surface area contributed by atoms with Crippen molar-refractivity contribution >= 4 is 84.9 Å². The number of hydrogen-bond donors (Lipinski definition) is 6. The molecule has 5 aromatic rings. The molecule has 7 rings (SSSR count). The number of primary amides is 1. The number of anilines is 2. The van der Waals surface area contributed by atoms with Gasteiger partial charge in [0, 0.05) is 85.5 Å². The fourth-order valence-electron chi connectivity index (χ4n) is 7.89. The summed E-state index contributed by atoms with van der Waals surface area (Å²) < 4.78 is 17.3. The maximum absolute atomic E-state index is 14.3. The van der Waals surface area contributed by atoms with Crippen LogP contribution in [0, 0.1) is 0 Å². The number of hydrogen-bond acceptors (Lipinski definition) is 10. The number of nitrogens with two attached hydrogens (primary N) is 1. The van der Waals surface area contributed by atoms with E-state index in [4.69, 9.17) is 19.9 Å². The Morgan fingerprint density at radius 3 is 2.38 bits per heavy atom. The molecule has 7 amide bonds. The SMILES string of the molecule is CC(=O)N[C@@H](CCCNC(N)=O)C(=O)Nc1ccc(COC(=O)NCCOc2ccc3[nH]c(C(=O)N4C[C@@H](CBr)c5c4cc(OC(=O)N4CCN(C)CC4)c4ccccc54)cc3c2)cc1. The lowest BCUT2D eigenvalue weighted by Crippen LogP contribution is -2.48. The van der Waals surface area contributed by atoms with Gasteiger partial charge in [-0.05, 0) is 72.8 Å². The van der Waals surface area contributed by atoms with Gasteiger partial charge in [-0.3, -0.25) is 14.4 Å². The minimum atomic E-state index is -0.809. The van der Waals surface area contributed by atoms with Crippen LogP contribution < -0.4 is 41.4 Å². The maximum atomic E-state index is 14.3. The van der Waals surface area contributed by atoms with Crippen LogP contribution in [0.5, 0.6) is 11.5 Å². The Hall–Kier alpha value is -6.86. The van der Waals surface area contributed by atoms with Gasteiger partial charge in [-0.2, -0.15) is 0 Å². The van der Waals surface area contributed by atoms with E-state index >= 15 is 0 Å². The van der Waals surface area contributed by atoms with Crippen LogP contribution in [-0.2, 0) is 20.9 Å². The van der Waals surface area contributed by atoms with Crippen molar-refractivity contribution < 1.29 is 43.0 Å². The molecule has 0 saturated carbocycles. The van der Waals surface area contributed by atoms with E-state index in [0.29, 0.717) is 65.5 Å². The Balaban J connectivity index is 0.905. The Morgan fingerprint density at radius 1 is 0.908 bits per heavy atom. The molecule has 1 fully saturated rings. The standard InChI is InChI=1S/C46H52BrN9O9/c1-28(57)51-37(8-5-15-49-44(48)60)42(58)52-32-11-9-29(10-12-32)27-64-45(61)50-16-21-63-33-13-14-36-30(22-33)23-38(53-36)43(59)56-26-31(25-47)41-35-7-4-3-6-34(35)40(24-39(41)56)65-46(62)55-19-17-54(2)18-20-55/h3-4,6-7,9-14,22-24,31,37,53H,5,8,15-21,25-27H2,1-2H3,(H,50,61)(H,51,57)(H,52,58)(H3,48,49,60)/t31-,37+/m1/s1. The number of aromatic nitrogens is 1. The van der Waals surface area contributed by atoms with Gasteiger partial charge in [-0.25, -0.2) is 14.4 Å². The lowest BCUT2D eigenvalue weighted by atomic mass is 9.95. The first-order valence-corrected chi connectivity index (χ1v) is 22.4. The van der Waals surface area contributed by atoms with E-state index in [0.717, 1.165) is 40.3 Å². The largest absolute Gasteiger partial charge is 0.492 e. The molecule has 2 aliphatic rings. The molecule has 4 aromatic carbocycles. The highest BCUT2D eigenvalue weighted by atomic mass is 79.9. The predicted molar refractivity (Wildman–Crippen MR) is 249 cm³/mol. The summed E-state index contributed by atoms with van der Waals surface area (Å²) >= 11 is 3.68. The number of aromatic amines is 1. The number of rotatable bonds is 16. The molecule has 3 heterocycles. The third kappa shape index (κ3) is 11.6. The predicted octanol–water partition coefficient (Wildman–Crippen LogP) is 5.40. The molecular formula is C46H52BrN9O9. The van der Waals surface area contributed by atoms with Crippen LogP contribution >= 0.6 is 15.9 Å². The van der Waals surface area contributed by atoms with Crippen molar-refractivity contribution in [3.8, 4) is 11.5 Å². The van der Waals surface area contributed by atoms with Gasteiger partial charge < -0.3 is 60.9 Å². The second-order valence-electron chi connectivity index (χ2n) is 15.9. The van der Waals surface area contributed by atoms with Crippen LogP contribution in [0.15, 0.2) is 78.9 Å². The van der Waals surface area contributed by atoms with Gasteiger partial charge in [-0.1, -0.05) is 52.3 Å². The van der Waals surface area contributed by atoms with Crippen LogP contribution in [0.1, 0.15) is 47.3 Å². The molecule has 0 radical (unpaired) electrons. The van der Waals surface area contributed by atoms with Crippen molar-refractivity contribution in [2.24, 2.45) is 5.73 Å². The molecule has 1 saturated heterocycles. The lowest BCUT2D eigenvalue weighted by Gasteiger charge is -2.31. The first kappa shape index (κ1) is 46.1. The number of benzene rings is 4. The van der Waals surface area contributed by atoms with E-state index in [9.17, 15) is 28.8 Å². The summed E-state index contributed by atoms with van der Waals surface area (Å²) in [6.45, 7) is 5.00. The normalized spacial score (nSPS) is 15.2. The topological polar surface area (TPSA) is 230 Å². The molecule has 2 aliphatic heterocycles. The minimum Gasteiger partial charge on any atom is -0.492 e. The Kier molecular flexibility index (Phi) is 15.1. The van der Waals surface area contributed by atoms with Gasteiger partial charge in [0.1, 0.15) is 36.4 Å². The molecule has 1 aromatic heterocycles. The zero-order valence-electron chi connectivity index (χ0n) is 36.1. The molecule has 0 aliphatic carbocycles. The molecule has 2 atom stereocenters. The maximum Gasteiger partial charge on any atom is 0.415 e. The summed E-state index contributed by atoms with van der Waals surface area (Å²) in [6.07, 6.45) is -0.336. The second kappa shape index (κ2) is 21.2. The fourth-order valence-corrected chi connectivity index (χ4v) is 8.42. The molecule has 0 spiro atoms. The van der Waals surface area contributed by atoms with Gasteiger partial charge in [0.15, 0.2) is 0 Å². The summed E-state index contributed by atoms with van der Waals surface area (Å²) in [5, 5.41) is 13.6. The fraction of sp³-hybridized carbons (Fsp3) is 0.348. The van der Waals surface area contributed by atoms with Gasteiger partial charge in [0.2, 0.25) is 11.8 Å². The summed E-state index contributed by atoms with van der Waals surface area (Å²) in [7, 11) is 2.03. The van der Waals surface area contributed by atoms with Crippen LogP contribution in [0.2, 0.25) is 0 Å². The number of ether oxygens (including phenoxy) is 3. The number of fused-ring (bicyclic) bond motifs is 4. The molecule has 0 unspecified atom stereocenters. The zero-order chi connectivity index (χ0) is 46.0. The Bertz CT molecular complexity index is 2560. The van der Waals surface area contributed by atoms with E-state index in [1.165, 1.54) is 6.92 Å². The number of urea groups is 1. The summed E-state index contributed by atoms with van der Waals surface area (Å²) in [6, 6.07) is 22.1. The monoisotopic (exact) mass is 953 g/mol. The number of nitrogens with zero attached hydrogens (tertiary/aromatic N) is 3. The number of alkyl halides is 1. The highest BCUT2D eigenvalue weighted by molar-refractivity contribution is 9.09. The van der Waals surface area contributed by atoms with E-state index in [1.807, 2.05) is 49.5 Å². The van der Waals surface area contributed by atoms with Gasteiger partial charge >= 0.3 is 18.2 Å². The number of H-pyrrole nitrogens is 1. The van der Waals surface area contributed by atoms with E-state index < -0.39 is 30.2 Å². The van der Waals surface area contributed by atoms with Crippen LogP contribution in [0.3, 0.4) is 0 Å². The molecule has 18 nitrogen and oxygen atoms in total. The van der Waals surface area contributed by atoms with Crippen molar-refractivity contribution in [3.05, 3.63) is 95.7 Å². The van der Waals surface area contributed by atoms with E-state index in [-0.39, 0.29) is 50.5 Å². The van der Waals surface area contributed by atoms with Crippen molar-refractivity contribution in [2.45, 2.75) is 38.3 Å². The molecule has 0 bridgehead atoms. The highest BCUT2D eigenvalue weighted by Gasteiger charge is 2.36. The minimum absolute atomic E-state index is 0.0129. The smallest absolute Gasteiger partial charge is 0.415 e. The number of piperazine rings is 1. The summed E-state index contributed by atoms with van der Waals surface area (Å²) in [5.41, 5.74) is 9.10. The number of carbonyl (C=O) groups is 6. The number of alkyl carbamates (subject to hydrolysis) is 1. The highest BCUT2D eigenvalue weighted by Crippen LogP contribution is 2.46. The van der Waals surface area contributed by atoms with Crippen LogP contribution in [-0.4, -0.2) is 122 Å². The molecule has 342 valence electrons. The number of nitrogens with one attached hydrogen (secondary N) is 5. The average molecular weight is 955 g/mol. The second-order valence-corrected chi connectivity index (χ2v) is 16.6. The summed E-state index contributed by atoms with van der Waals surface area (Å²) in [5.74, 6) is -0.0343. The number of carbonyl (C=O) groups excluding carboxylic acids is 6. The van der Waals surface area contributed by atoms with E-state index in [2.05, 4.69) is 47.1 Å².